The molecule has 1 heterocycles. The molecule has 96 valence electrons. The Balaban J connectivity index is 2.27. The van der Waals surface area contributed by atoms with Crippen molar-refractivity contribution in [2.45, 2.75) is 58.9 Å². The summed E-state index contributed by atoms with van der Waals surface area (Å²) in [4.78, 5) is 3.01. The van der Waals surface area contributed by atoms with Crippen molar-refractivity contribution >= 4 is 11.3 Å². The zero-order valence-electron chi connectivity index (χ0n) is 11.2. The van der Waals surface area contributed by atoms with Crippen molar-refractivity contribution in [3.8, 4) is 0 Å². The summed E-state index contributed by atoms with van der Waals surface area (Å²) in [6.07, 6.45) is 6.60. The van der Waals surface area contributed by atoms with Crippen molar-refractivity contribution in [1.82, 2.24) is 5.43 Å². The van der Waals surface area contributed by atoms with E-state index in [1.165, 1.54) is 37.0 Å². The van der Waals surface area contributed by atoms with E-state index in [2.05, 4.69) is 32.3 Å². The maximum Gasteiger partial charge on any atom is 0.0601 e. The van der Waals surface area contributed by atoms with Gasteiger partial charge in [0.15, 0.2) is 0 Å². The highest BCUT2D eigenvalue weighted by Crippen LogP contribution is 2.39. The van der Waals surface area contributed by atoms with E-state index in [-0.39, 0.29) is 11.5 Å². The van der Waals surface area contributed by atoms with E-state index in [9.17, 15) is 0 Å². The third-order valence-electron chi connectivity index (χ3n) is 3.58. The first kappa shape index (κ1) is 13.1. The van der Waals surface area contributed by atoms with Crippen LogP contribution in [0.15, 0.2) is 6.07 Å². The van der Waals surface area contributed by atoms with Gasteiger partial charge in [-0.3, -0.25) is 11.3 Å². The molecule has 0 radical (unpaired) electrons. The Morgan fingerprint density at radius 1 is 1.24 bits per heavy atom. The van der Waals surface area contributed by atoms with Gasteiger partial charge in [-0.2, -0.15) is 0 Å². The molecule has 0 fully saturated rings. The summed E-state index contributed by atoms with van der Waals surface area (Å²) in [6.45, 7) is 6.72. The molecule has 1 aliphatic carbocycles. The van der Waals surface area contributed by atoms with Crippen LogP contribution in [0.3, 0.4) is 0 Å². The lowest BCUT2D eigenvalue weighted by Gasteiger charge is -2.29. The molecule has 0 aliphatic heterocycles. The number of thiophene rings is 1. The van der Waals surface area contributed by atoms with Gasteiger partial charge in [-0.15, -0.1) is 11.3 Å². The number of nitrogens with two attached hydrogens (primary N) is 1. The van der Waals surface area contributed by atoms with E-state index in [1.807, 2.05) is 11.3 Å². The summed E-state index contributed by atoms with van der Waals surface area (Å²) in [5.41, 5.74) is 4.73. The Bertz CT molecular complexity index is 353. The standard InChI is InChI=1S/C14H24N2S/c1-14(2,3)13(16-15)12-9-10-7-5-4-6-8-11(10)17-12/h9,13,16H,4-8,15H2,1-3H3. The highest BCUT2D eigenvalue weighted by molar-refractivity contribution is 7.12. The second-order valence-corrected chi connectivity index (χ2v) is 7.29. The maximum absolute atomic E-state index is 5.74. The molecule has 0 saturated carbocycles. The molecule has 0 bridgehead atoms. The Kier molecular flexibility index (Phi) is 3.91. The zero-order chi connectivity index (χ0) is 12.5. The summed E-state index contributed by atoms with van der Waals surface area (Å²) >= 11 is 1.97. The van der Waals surface area contributed by atoms with Crippen molar-refractivity contribution < 1.29 is 0 Å². The van der Waals surface area contributed by atoms with E-state index < -0.39 is 0 Å². The van der Waals surface area contributed by atoms with E-state index in [0.29, 0.717) is 0 Å². The van der Waals surface area contributed by atoms with Crippen LogP contribution in [0.25, 0.3) is 0 Å². The molecule has 0 aromatic carbocycles. The fourth-order valence-corrected chi connectivity index (χ4v) is 4.16. The lowest BCUT2D eigenvalue weighted by molar-refractivity contribution is 0.279. The average Bonchev–Trinajstić information content (AvgIpc) is 2.48. The molecule has 2 nitrogen and oxygen atoms in total. The topological polar surface area (TPSA) is 38.0 Å². The second kappa shape index (κ2) is 5.09. The smallest absolute Gasteiger partial charge is 0.0601 e. The second-order valence-electron chi connectivity index (χ2n) is 6.12. The molecule has 17 heavy (non-hydrogen) atoms. The SMILES string of the molecule is CC(C)(C)C(NN)c1cc2c(s1)CCCCC2. The minimum absolute atomic E-state index is 0.165. The van der Waals surface area contributed by atoms with Crippen LogP contribution in [-0.2, 0) is 12.8 Å². The summed E-state index contributed by atoms with van der Waals surface area (Å²) in [5.74, 6) is 5.74. The van der Waals surface area contributed by atoms with Gasteiger partial charge in [0.2, 0.25) is 0 Å². The summed E-state index contributed by atoms with van der Waals surface area (Å²) in [5, 5.41) is 0. The molecule has 1 aliphatic rings. The molecule has 3 heteroatoms. The number of hydrazine groups is 1. The Labute approximate surface area is 109 Å². The van der Waals surface area contributed by atoms with Gasteiger partial charge in [-0.25, -0.2) is 0 Å². The van der Waals surface area contributed by atoms with Crippen molar-refractivity contribution in [2.75, 3.05) is 0 Å². The molecule has 0 amide bonds. The number of hydrogen-bond donors (Lipinski definition) is 2. The van der Waals surface area contributed by atoms with E-state index >= 15 is 0 Å². The molecular formula is C14H24N2S. The van der Waals surface area contributed by atoms with Gasteiger partial charge in [0.1, 0.15) is 0 Å². The third kappa shape index (κ3) is 2.90. The fraction of sp³-hybridized carbons (Fsp3) is 0.714. The predicted octanol–water partition coefficient (Wildman–Crippen LogP) is 3.57. The molecule has 1 aromatic heterocycles. The molecular weight excluding hydrogens is 228 g/mol. The lowest BCUT2D eigenvalue weighted by Crippen LogP contribution is -2.36. The van der Waals surface area contributed by atoms with Gasteiger partial charge < -0.3 is 0 Å². The summed E-state index contributed by atoms with van der Waals surface area (Å²) < 4.78 is 0. The van der Waals surface area contributed by atoms with Crippen molar-refractivity contribution in [1.29, 1.82) is 0 Å². The number of fused-ring (bicyclic) bond motifs is 1. The number of nitrogens with one attached hydrogen (secondary N) is 1. The fourth-order valence-electron chi connectivity index (χ4n) is 2.59. The van der Waals surface area contributed by atoms with Crippen LogP contribution >= 0.6 is 11.3 Å². The number of hydrogen-bond acceptors (Lipinski definition) is 3. The molecule has 1 aromatic rings. The number of aryl methyl sites for hydroxylation is 2. The van der Waals surface area contributed by atoms with Crippen molar-refractivity contribution in [3.05, 3.63) is 21.4 Å². The quantitative estimate of drug-likeness (QED) is 0.480. The van der Waals surface area contributed by atoms with Crippen LogP contribution < -0.4 is 11.3 Å². The number of rotatable bonds is 2. The average molecular weight is 252 g/mol. The highest BCUT2D eigenvalue weighted by Gasteiger charge is 2.27. The predicted molar refractivity (Wildman–Crippen MR) is 75.1 cm³/mol. The van der Waals surface area contributed by atoms with Crippen LogP contribution in [0, 0.1) is 5.41 Å². The van der Waals surface area contributed by atoms with Crippen LogP contribution in [0.1, 0.15) is 61.4 Å². The molecule has 3 N–H and O–H groups in total. The van der Waals surface area contributed by atoms with Gasteiger partial charge in [0.05, 0.1) is 6.04 Å². The monoisotopic (exact) mass is 252 g/mol. The first-order chi connectivity index (χ1) is 8.02. The maximum atomic E-state index is 5.74. The highest BCUT2D eigenvalue weighted by atomic mass is 32.1. The Morgan fingerprint density at radius 2 is 1.94 bits per heavy atom. The zero-order valence-corrected chi connectivity index (χ0v) is 12.0. The van der Waals surface area contributed by atoms with Gasteiger partial charge in [-0.05, 0) is 42.7 Å². The Morgan fingerprint density at radius 3 is 2.59 bits per heavy atom. The van der Waals surface area contributed by atoms with Crippen LogP contribution in [0.4, 0.5) is 0 Å². The van der Waals surface area contributed by atoms with E-state index in [1.54, 1.807) is 10.4 Å². The van der Waals surface area contributed by atoms with Crippen molar-refractivity contribution in [2.24, 2.45) is 11.3 Å². The van der Waals surface area contributed by atoms with Gasteiger partial charge in [-0.1, -0.05) is 27.2 Å². The third-order valence-corrected chi connectivity index (χ3v) is 4.88. The largest absolute Gasteiger partial charge is 0.271 e. The van der Waals surface area contributed by atoms with Gasteiger partial charge in [0.25, 0.3) is 0 Å². The molecule has 2 rings (SSSR count). The van der Waals surface area contributed by atoms with Gasteiger partial charge >= 0.3 is 0 Å². The van der Waals surface area contributed by atoms with Crippen molar-refractivity contribution in [3.63, 3.8) is 0 Å². The summed E-state index contributed by atoms with van der Waals surface area (Å²) in [7, 11) is 0. The minimum atomic E-state index is 0.165. The van der Waals surface area contributed by atoms with E-state index in [4.69, 9.17) is 5.84 Å². The summed E-state index contributed by atoms with van der Waals surface area (Å²) in [6, 6.07) is 2.65. The lowest BCUT2D eigenvalue weighted by atomic mass is 9.86. The van der Waals surface area contributed by atoms with Crippen LogP contribution in [0.2, 0.25) is 0 Å². The first-order valence-electron chi connectivity index (χ1n) is 6.60. The molecule has 1 atom stereocenters. The molecule has 1 unspecified atom stereocenters. The van der Waals surface area contributed by atoms with Crippen LogP contribution in [-0.4, -0.2) is 0 Å². The normalized spacial score (nSPS) is 18.6. The van der Waals surface area contributed by atoms with E-state index in [0.717, 1.165) is 0 Å². The Hall–Kier alpha value is -0.380. The minimum Gasteiger partial charge on any atom is -0.271 e. The van der Waals surface area contributed by atoms with Crippen LogP contribution in [0.5, 0.6) is 0 Å². The molecule has 0 spiro atoms. The molecule has 0 saturated heterocycles. The van der Waals surface area contributed by atoms with Gasteiger partial charge in [0, 0.05) is 9.75 Å². The first-order valence-corrected chi connectivity index (χ1v) is 7.41.